The van der Waals surface area contributed by atoms with Gasteiger partial charge in [-0.15, -0.1) is 0 Å². The maximum Gasteiger partial charge on any atom is 0.142 e. The average molecular weight is 357 g/mol. The predicted molar refractivity (Wildman–Crippen MR) is 111 cm³/mol. The molecule has 0 radical (unpaired) electrons. The van der Waals surface area contributed by atoms with Gasteiger partial charge in [0.05, 0.1) is 27.8 Å². The first-order valence-electron chi connectivity index (χ1n) is 9.60. The van der Waals surface area contributed by atoms with E-state index in [4.69, 9.17) is 9.97 Å². The topological polar surface area (TPSA) is 65.6 Å². The molecule has 0 aliphatic carbocycles. The van der Waals surface area contributed by atoms with E-state index < -0.39 is 0 Å². The standard InChI is InChI=1S/C22H23N5/c1-14-6-7-18-16(12-14)21(25-15-8-10-23-11-9-15)17(13-24-18)22-26-19-4-2-3-5-20(19)27-22/h2-7,12-13,15,23H,8-11H2,1H3,(H,24,25)(H,26,27). The van der Waals surface area contributed by atoms with Gasteiger partial charge in [-0.05, 0) is 57.1 Å². The van der Waals surface area contributed by atoms with E-state index in [1.54, 1.807) is 0 Å². The fraction of sp³-hybridized carbons (Fsp3) is 0.273. The molecule has 3 N–H and O–H groups in total. The first-order chi connectivity index (χ1) is 13.3. The Labute approximate surface area is 158 Å². The van der Waals surface area contributed by atoms with Crippen LogP contribution in [-0.2, 0) is 0 Å². The van der Waals surface area contributed by atoms with E-state index in [2.05, 4.69) is 46.8 Å². The van der Waals surface area contributed by atoms with Crippen molar-refractivity contribution in [3.63, 3.8) is 0 Å². The molecule has 1 aliphatic rings. The lowest BCUT2D eigenvalue weighted by molar-refractivity contribution is 0.479. The summed E-state index contributed by atoms with van der Waals surface area (Å²) in [5.41, 5.74) is 6.43. The molecule has 0 bridgehead atoms. The van der Waals surface area contributed by atoms with Crippen LogP contribution >= 0.6 is 0 Å². The summed E-state index contributed by atoms with van der Waals surface area (Å²) in [6.07, 6.45) is 4.18. The molecule has 4 aromatic rings. The minimum Gasteiger partial charge on any atom is -0.381 e. The van der Waals surface area contributed by atoms with Crippen LogP contribution in [0.25, 0.3) is 33.3 Å². The fourth-order valence-corrected chi connectivity index (χ4v) is 3.89. The minimum absolute atomic E-state index is 0.459. The summed E-state index contributed by atoms with van der Waals surface area (Å²) in [6.45, 7) is 4.24. The molecule has 0 unspecified atom stereocenters. The molecule has 5 rings (SSSR count). The van der Waals surface area contributed by atoms with Crippen molar-refractivity contribution in [3.05, 3.63) is 54.2 Å². The van der Waals surface area contributed by atoms with E-state index in [0.717, 1.165) is 64.9 Å². The average Bonchev–Trinajstić information content (AvgIpc) is 3.13. The molecule has 27 heavy (non-hydrogen) atoms. The lowest BCUT2D eigenvalue weighted by atomic mass is 10.0. The molecule has 5 nitrogen and oxygen atoms in total. The first-order valence-corrected chi connectivity index (χ1v) is 9.60. The third kappa shape index (κ3) is 3.04. The second-order valence-corrected chi connectivity index (χ2v) is 7.34. The SMILES string of the molecule is Cc1ccc2ncc(-c3nc4ccccc4[nH]3)c(NC3CCNCC3)c2c1. The summed E-state index contributed by atoms with van der Waals surface area (Å²) in [6, 6.07) is 15.0. The third-order valence-corrected chi connectivity index (χ3v) is 5.36. The van der Waals surface area contributed by atoms with Gasteiger partial charge >= 0.3 is 0 Å². The second kappa shape index (κ2) is 6.67. The maximum atomic E-state index is 4.82. The molecule has 0 saturated carbocycles. The van der Waals surface area contributed by atoms with Crippen molar-refractivity contribution < 1.29 is 0 Å². The Morgan fingerprint density at radius 1 is 1.04 bits per heavy atom. The highest BCUT2D eigenvalue weighted by atomic mass is 15.0. The monoisotopic (exact) mass is 357 g/mol. The number of H-pyrrole nitrogens is 1. The Hall–Kier alpha value is -2.92. The molecule has 1 saturated heterocycles. The molecule has 2 aromatic carbocycles. The van der Waals surface area contributed by atoms with Crippen molar-refractivity contribution in [2.75, 3.05) is 18.4 Å². The van der Waals surface area contributed by atoms with Crippen molar-refractivity contribution in [2.45, 2.75) is 25.8 Å². The highest BCUT2D eigenvalue weighted by Crippen LogP contribution is 2.34. The zero-order valence-electron chi connectivity index (χ0n) is 15.4. The van der Waals surface area contributed by atoms with E-state index in [9.17, 15) is 0 Å². The van der Waals surface area contributed by atoms with Crippen LogP contribution in [0.5, 0.6) is 0 Å². The number of nitrogens with zero attached hydrogens (tertiary/aromatic N) is 2. The van der Waals surface area contributed by atoms with Crippen LogP contribution in [0.15, 0.2) is 48.7 Å². The quantitative estimate of drug-likeness (QED) is 0.513. The molecule has 2 aromatic heterocycles. The normalized spacial score (nSPS) is 15.4. The maximum absolute atomic E-state index is 4.82. The van der Waals surface area contributed by atoms with Gasteiger partial charge in [-0.2, -0.15) is 0 Å². The van der Waals surface area contributed by atoms with Crippen molar-refractivity contribution in [3.8, 4) is 11.4 Å². The number of hydrogen-bond donors (Lipinski definition) is 3. The molecule has 0 atom stereocenters. The smallest absolute Gasteiger partial charge is 0.142 e. The first kappa shape index (κ1) is 16.3. The molecule has 3 heterocycles. The van der Waals surface area contributed by atoms with Crippen LogP contribution in [0.1, 0.15) is 18.4 Å². The summed E-state index contributed by atoms with van der Waals surface area (Å²) in [5, 5.41) is 8.42. The number of pyridine rings is 1. The zero-order chi connectivity index (χ0) is 18.2. The summed E-state index contributed by atoms with van der Waals surface area (Å²) >= 11 is 0. The number of aromatic amines is 1. The number of fused-ring (bicyclic) bond motifs is 2. The van der Waals surface area contributed by atoms with Gasteiger partial charge in [0.25, 0.3) is 0 Å². The lowest BCUT2D eigenvalue weighted by Gasteiger charge is -2.26. The number of hydrogen-bond acceptors (Lipinski definition) is 4. The molecule has 1 aliphatic heterocycles. The van der Waals surface area contributed by atoms with Crippen LogP contribution in [0.4, 0.5) is 5.69 Å². The van der Waals surface area contributed by atoms with Gasteiger partial charge in [0.15, 0.2) is 0 Å². The number of rotatable bonds is 3. The van der Waals surface area contributed by atoms with E-state index in [1.807, 2.05) is 24.4 Å². The molecule has 0 spiro atoms. The Balaban J connectivity index is 1.68. The van der Waals surface area contributed by atoms with E-state index in [1.165, 1.54) is 5.56 Å². The molecular formula is C22H23N5. The van der Waals surface area contributed by atoms with Gasteiger partial charge in [0.1, 0.15) is 5.82 Å². The Morgan fingerprint density at radius 2 is 1.89 bits per heavy atom. The number of imidazole rings is 1. The molecule has 1 fully saturated rings. The summed E-state index contributed by atoms with van der Waals surface area (Å²) in [7, 11) is 0. The highest BCUT2D eigenvalue weighted by molar-refractivity contribution is 5.99. The number of piperidine rings is 1. The van der Waals surface area contributed by atoms with E-state index in [-0.39, 0.29) is 0 Å². The van der Waals surface area contributed by atoms with E-state index in [0.29, 0.717) is 6.04 Å². The second-order valence-electron chi connectivity index (χ2n) is 7.34. The molecule has 5 heteroatoms. The van der Waals surface area contributed by atoms with Crippen LogP contribution < -0.4 is 10.6 Å². The van der Waals surface area contributed by atoms with Crippen LogP contribution in [0, 0.1) is 6.92 Å². The van der Waals surface area contributed by atoms with Crippen molar-refractivity contribution in [1.82, 2.24) is 20.3 Å². The van der Waals surface area contributed by atoms with Crippen LogP contribution in [0.3, 0.4) is 0 Å². The number of anilines is 1. The number of aryl methyl sites for hydroxylation is 1. The van der Waals surface area contributed by atoms with Crippen molar-refractivity contribution >= 4 is 27.6 Å². The Morgan fingerprint density at radius 3 is 2.74 bits per heavy atom. The van der Waals surface area contributed by atoms with Gasteiger partial charge in [0.2, 0.25) is 0 Å². The number of nitrogens with one attached hydrogen (secondary N) is 3. The van der Waals surface area contributed by atoms with Gasteiger partial charge in [0, 0.05) is 17.6 Å². The van der Waals surface area contributed by atoms with Gasteiger partial charge < -0.3 is 15.6 Å². The largest absolute Gasteiger partial charge is 0.381 e. The van der Waals surface area contributed by atoms with E-state index >= 15 is 0 Å². The molecule has 136 valence electrons. The lowest BCUT2D eigenvalue weighted by Crippen LogP contribution is -2.35. The summed E-state index contributed by atoms with van der Waals surface area (Å²) in [4.78, 5) is 13.0. The van der Waals surface area contributed by atoms with Crippen molar-refractivity contribution in [2.24, 2.45) is 0 Å². The number of aromatic nitrogens is 3. The number of benzene rings is 2. The van der Waals surface area contributed by atoms with Crippen LogP contribution in [-0.4, -0.2) is 34.1 Å². The predicted octanol–water partition coefficient (Wildman–Crippen LogP) is 4.25. The highest BCUT2D eigenvalue weighted by Gasteiger charge is 2.19. The van der Waals surface area contributed by atoms with Gasteiger partial charge in [-0.25, -0.2) is 4.98 Å². The zero-order valence-corrected chi connectivity index (χ0v) is 15.4. The van der Waals surface area contributed by atoms with Crippen LogP contribution in [0.2, 0.25) is 0 Å². The van der Waals surface area contributed by atoms with Gasteiger partial charge in [-0.3, -0.25) is 4.98 Å². The summed E-state index contributed by atoms with van der Waals surface area (Å²) in [5.74, 6) is 0.864. The Bertz CT molecular complexity index is 1080. The fourth-order valence-electron chi connectivity index (χ4n) is 3.89. The van der Waals surface area contributed by atoms with Crippen molar-refractivity contribution in [1.29, 1.82) is 0 Å². The minimum atomic E-state index is 0.459. The number of para-hydroxylation sites is 2. The Kier molecular flexibility index (Phi) is 4.02. The molecular weight excluding hydrogens is 334 g/mol. The summed E-state index contributed by atoms with van der Waals surface area (Å²) < 4.78 is 0. The molecule has 0 amide bonds. The van der Waals surface area contributed by atoms with Gasteiger partial charge in [-0.1, -0.05) is 23.8 Å². The third-order valence-electron chi connectivity index (χ3n) is 5.36.